The molecule has 2 bridgehead atoms. The van der Waals surface area contributed by atoms with E-state index in [0.29, 0.717) is 17.5 Å². The summed E-state index contributed by atoms with van der Waals surface area (Å²) < 4.78 is 37.7. The minimum atomic E-state index is -4.86. The highest BCUT2D eigenvalue weighted by atomic mass is 19.4. The van der Waals surface area contributed by atoms with Crippen LogP contribution in [0, 0.1) is 5.41 Å². The molecule has 0 N–H and O–H groups in total. The normalized spacial score (nSPS) is 35.2. The molecular weight excluding hydrogens is 226 g/mol. The summed E-state index contributed by atoms with van der Waals surface area (Å²) in [7, 11) is 0. The van der Waals surface area contributed by atoms with E-state index in [1.54, 1.807) is 0 Å². The van der Waals surface area contributed by atoms with E-state index in [4.69, 9.17) is 0 Å². The third-order valence-electron chi connectivity index (χ3n) is 4.91. The summed E-state index contributed by atoms with van der Waals surface area (Å²) in [5, 5.41) is 0. The first-order valence-electron chi connectivity index (χ1n) is 6.53. The fourth-order valence-corrected chi connectivity index (χ4v) is 3.72. The molecule has 3 fully saturated rings. The molecule has 96 valence electrons. The van der Waals surface area contributed by atoms with E-state index in [0.717, 1.165) is 25.7 Å². The number of hydrogen-bond donors (Lipinski definition) is 0. The van der Waals surface area contributed by atoms with Gasteiger partial charge in [-0.3, -0.25) is 4.90 Å². The first-order valence-corrected chi connectivity index (χ1v) is 6.53. The predicted octanol–water partition coefficient (Wildman–Crippen LogP) is 3.34. The topological polar surface area (TPSA) is 3.24 Å². The van der Waals surface area contributed by atoms with E-state index in [1.807, 2.05) is 0 Å². The van der Waals surface area contributed by atoms with Crippen molar-refractivity contribution in [1.82, 2.24) is 4.90 Å². The Kier molecular flexibility index (Phi) is 2.42. The largest absolute Gasteiger partial charge is 0.506 e. The molecule has 2 aliphatic heterocycles. The molecule has 0 aromatic carbocycles. The number of hydrogen-bond acceptors (Lipinski definition) is 1. The van der Waals surface area contributed by atoms with Gasteiger partial charge < -0.3 is 12.9 Å². The second kappa shape index (κ2) is 3.53. The van der Waals surface area contributed by atoms with Crippen molar-refractivity contribution in [3.05, 3.63) is 12.1 Å². The summed E-state index contributed by atoms with van der Waals surface area (Å²) in [6.45, 7) is -1.58. The maximum atomic E-state index is 12.6. The fourth-order valence-electron chi connectivity index (χ4n) is 3.72. The molecular formula is C12H18BF3N-. The maximum absolute atomic E-state index is 12.6. The molecule has 1 saturated carbocycles. The molecule has 2 atom stereocenters. The fraction of sp³-hybridized carbons (Fsp3) is 0.833. The summed E-state index contributed by atoms with van der Waals surface area (Å²) in [6, 6.07) is 0.789. The van der Waals surface area contributed by atoms with Crippen LogP contribution in [0.15, 0.2) is 12.1 Å². The molecule has 3 aliphatic rings. The molecule has 17 heavy (non-hydrogen) atoms. The SMILES string of the molecule is C=C(CN1C2CCC1CC1(CC1)C2)[B-](F)(F)F. The molecule has 0 aromatic heterocycles. The zero-order chi connectivity index (χ0) is 12.3. The van der Waals surface area contributed by atoms with Crippen LogP contribution in [0.4, 0.5) is 12.9 Å². The van der Waals surface area contributed by atoms with Gasteiger partial charge in [0.25, 0.3) is 0 Å². The first kappa shape index (κ1) is 11.6. The van der Waals surface area contributed by atoms with Gasteiger partial charge in [0.1, 0.15) is 0 Å². The number of rotatable bonds is 3. The lowest BCUT2D eigenvalue weighted by molar-refractivity contribution is 0.104. The second-order valence-electron chi connectivity index (χ2n) is 6.20. The zero-order valence-corrected chi connectivity index (χ0v) is 9.97. The van der Waals surface area contributed by atoms with E-state index in [-0.39, 0.29) is 6.54 Å². The molecule has 2 saturated heterocycles. The molecule has 2 unspecified atom stereocenters. The molecule has 1 nitrogen and oxygen atoms in total. The van der Waals surface area contributed by atoms with Crippen LogP contribution in [0.2, 0.25) is 0 Å². The van der Waals surface area contributed by atoms with Crippen molar-refractivity contribution in [1.29, 1.82) is 0 Å². The van der Waals surface area contributed by atoms with Gasteiger partial charge in [0.05, 0.1) is 0 Å². The number of halogens is 3. The van der Waals surface area contributed by atoms with Crippen molar-refractivity contribution in [2.75, 3.05) is 6.54 Å². The standard InChI is InChI=1S/C12H18BF3N/c1-9(13(14,15)16)8-17-10-2-3-11(17)7-12(6-10)4-5-12/h10-11H,1-8H2/q-1. The van der Waals surface area contributed by atoms with Gasteiger partial charge in [0.2, 0.25) is 0 Å². The number of piperidine rings is 1. The summed E-state index contributed by atoms with van der Waals surface area (Å²) >= 11 is 0. The van der Waals surface area contributed by atoms with Crippen LogP contribution in [-0.4, -0.2) is 30.5 Å². The van der Waals surface area contributed by atoms with Crippen LogP contribution in [0.1, 0.15) is 38.5 Å². The molecule has 3 rings (SSSR count). The van der Waals surface area contributed by atoms with Gasteiger partial charge in [0, 0.05) is 12.1 Å². The lowest BCUT2D eigenvalue weighted by Crippen LogP contribution is -2.46. The summed E-state index contributed by atoms with van der Waals surface area (Å²) in [6.07, 6.45) is 7.04. The molecule has 0 aromatic rings. The smallest absolute Gasteiger partial charge is 0.445 e. The van der Waals surface area contributed by atoms with Crippen LogP contribution in [0.25, 0.3) is 0 Å². The highest BCUT2D eigenvalue weighted by Crippen LogP contribution is 2.59. The van der Waals surface area contributed by atoms with Crippen molar-refractivity contribution >= 4 is 6.98 Å². The Morgan fingerprint density at radius 1 is 1.18 bits per heavy atom. The monoisotopic (exact) mass is 244 g/mol. The predicted molar refractivity (Wildman–Crippen MR) is 62.6 cm³/mol. The molecule has 5 heteroatoms. The minimum Gasteiger partial charge on any atom is -0.445 e. The van der Waals surface area contributed by atoms with Crippen LogP contribution in [0.5, 0.6) is 0 Å². The van der Waals surface area contributed by atoms with E-state index >= 15 is 0 Å². The molecule has 0 radical (unpaired) electrons. The van der Waals surface area contributed by atoms with Crippen molar-refractivity contribution in [3.63, 3.8) is 0 Å². The minimum absolute atomic E-state index is 0.0505. The van der Waals surface area contributed by atoms with Gasteiger partial charge in [-0.15, -0.1) is 12.1 Å². The van der Waals surface area contributed by atoms with Crippen molar-refractivity contribution in [2.24, 2.45) is 5.41 Å². The molecule has 1 spiro atoms. The lowest BCUT2D eigenvalue weighted by Gasteiger charge is -2.41. The quantitative estimate of drug-likeness (QED) is 0.688. The molecule has 2 heterocycles. The molecule has 0 amide bonds. The Balaban J connectivity index is 1.67. The zero-order valence-electron chi connectivity index (χ0n) is 9.97. The van der Waals surface area contributed by atoms with Gasteiger partial charge in [-0.1, -0.05) is 0 Å². The maximum Gasteiger partial charge on any atom is 0.506 e. The van der Waals surface area contributed by atoms with Crippen LogP contribution < -0.4 is 0 Å². The van der Waals surface area contributed by atoms with Crippen molar-refractivity contribution in [3.8, 4) is 0 Å². The summed E-state index contributed by atoms with van der Waals surface area (Å²) in [5.74, 6) is 0. The van der Waals surface area contributed by atoms with Gasteiger partial charge in [0.15, 0.2) is 0 Å². The Labute approximate surface area is 100 Å². The number of fused-ring (bicyclic) bond motifs is 2. The van der Waals surface area contributed by atoms with E-state index in [9.17, 15) is 12.9 Å². The van der Waals surface area contributed by atoms with Gasteiger partial charge >= 0.3 is 6.98 Å². The van der Waals surface area contributed by atoms with Gasteiger partial charge in [-0.2, -0.15) is 0 Å². The van der Waals surface area contributed by atoms with E-state index in [2.05, 4.69) is 11.5 Å². The first-order chi connectivity index (χ1) is 7.90. The average Bonchev–Trinajstić information content (AvgIpc) is 2.93. The lowest BCUT2D eigenvalue weighted by atomic mass is 9.78. The third-order valence-corrected chi connectivity index (χ3v) is 4.91. The van der Waals surface area contributed by atoms with Crippen molar-refractivity contribution < 1.29 is 12.9 Å². The van der Waals surface area contributed by atoms with E-state index in [1.165, 1.54) is 12.8 Å². The summed E-state index contributed by atoms with van der Waals surface area (Å²) in [4.78, 5) is 2.08. The average molecular weight is 244 g/mol. The Bertz CT molecular complexity index is 332. The van der Waals surface area contributed by atoms with Crippen LogP contribution >= 0.6 is 0 Å². The highest BCUT2D eigenvalue weighted by molar-refractivity contribution is 6.66. The second-order valence-corrected chi connectivity index (χ2v) is 6.20. The van der Waals surface area contributed by atoms with Crippen LogP contribution in [0.3, 0.4) is 0 Å². The third kappa shape index (κ3) is 2.03. The molecule has 1 aliphatic carbocycles. The van der Waals surface area contributed by atoms with Gasteiger partial charge in [-0.25, -0.2) is 0 Å². The number of nitrogens with zero attached hydrogens (tertiary/aromatic N) is 1. The summed E-state index contributed by atoms with van der Waals surface area (Å²) in [5.41, 5.74) is 0.0150. The van der Waals surface area contributed by atoms with E-state index < -0.39 is 12.4 Å². The van der Waals surface area contributed by atoms with Gasteiger partial charge in [-0.05, 0) is 50.5 Å². The Morgan fingerprint density at radius 3 is 2.12 bits per heavy atom. The highest BCUT2D eigenvalue weighted by Gasteiger charge is 2.54. The Hall–Kier alpha value is -0.445. The van der Waals surface area contributed by atoms with Crippen molar-refractivity contribution in [2.45, 2.75) is 50.6 Å². The Morgan fingerprint density at radius 2 is 1.71 bits per heavy atom. The van der Waals surface area contributed by atoms with Crippen LogP contribution in [-0.2, 0) is 0 Å².